The number of fused-ring (bicyclic) bond motifs is 1. The number of nitrogens with zero attached hydrogens (tertiary/aromatic N) is 2. The molecule has 0 aromatic heterocycles. The molecule has 30 heavy (non-hydrogen) atoms. The first-order valence-electron chi connectivity index (χ1n) is 10.8. The predicted molar refractivity (Wildman–Crippen MR) is 118 cm³/mol. The molecule has 1 atom stereocenters. The van der Waals surface area contributed by atoms with Crippen molar-refractivity contribution in [2.24, 2.45) is 5.73 Å². The summed E-state index contributed by atoms with van der Waals surface area (Å²) in [5.74, 6) is 0.610. The summed E-state index contributed by atoms with van der Waals surface area (Å²) in [5.41, 5.74) is 10.2. The zero-order chi connectivity index (χ0) is 20.9. The third-order valence-electron chi connectivity index (χ3n) is 6.14. The number of anilines is 1. The lowest BCUT2D eigenvalue weighted by molar-refractivity contribution is -0.117. The molecule has 160 valence electrons. The Bertz CT molecular complexity index is 860. The Balaban J connectivity index is 1.29. The lowest BCUT2D eigenvalue weighted by atomic mass is 9.93. The first-order chi connectivity index (χ1) is 14.6. The molecule has 1 saturated heterocycles. The summed E-state index contributed by atoms with van der Waals surface area (Å²) in [5, 5.41) is 0. The smallest absolute Gasteiger partial charge is 0.221 e. The highest BCUT2D eigenvalue weighted by Gasteiger charge is 2.23. The summed E-state index contributed by atoms with van der Waals surface area (Å²) in [6.07, 6.45) is 2.33. The van der Waals surface area contributed by atoms with Crippen molar-refractivity contribution >= 4 is 11.6 Å². The topological polar surface area (TPSA) is 68.0 Å². The molecule has 6 nitrogen and oxygen atoms in total. The molecule has 1 fully saturated rings. The molecule has 1 unspecified atom stereocenters. The van der Waals surface area contributed by atoms with E-state index in [1.807, 2.05) is 18.2 Å². The first kappa shape index (κ1) is 20.7. The molecule has 0 spiro atoms. The van der Waals surface area contributed by atoms with Gasteiger partial charge in [-0.15, -0.1) is 0 Å². The first-order valence-corrected chi connectivity index (χ1v) is 10.8. The Hall–Kier alpha value is -2.57. The van der Waals surface area contributed by atoms with Gasteiger partial charge in [0, 0.05) is 38.4 Å². The summed E-state index contributed by atoms with van der Waals surface area (Å²) in [6.45, 7) is 5.95. The summed E-state index contributed by atoms with van der Waals surface area (Å²) >= 11 is 0. The third-order valence-corrected chi connectivity index (χ3v) is 6.14. The molecule has 2 aromatic rings. The number of nitrogens with two attached hydrogens (primary N) is 1. The van der Waals surface area contributed by atoms with E-state index in [0.29, 0.717) is 6.42 Å². The number of amides is 1. The van der Waals surface area contributed by atoms with E-state index >= 15 is 0 Å². The molecular weight excluding hydrogens is 378 g/mol. The van der Waals surface area contributed by atoms with Crippen LogP contribution in [0.4, 0.5) is 5.69 Å². The maximum Gasteiger partial charge on any atom is 0.221 e. The van der Waals surface area contributed by atoms with E-state index in [9.17, 15) is 4.79 Å². The summed E-state index contributed by atoms with van der Waals surface area (Å²) in [6, 6.07) is 14.6. The SMILES string of the molecule is COc1ccc(N2CCN(CCC3OCCc4cc(CC(N)=O)ccc43)CC2)cc1. The van der Waals surface area contributed by atoms with Crippen LogP contribution in [0.2, 0.25) is 0 Å². The zero-order valence-electron chi connectivity index (χ0n) is 17.7. The van der Waals surface area contributed by atoms with Gasteiger partial charge in [-0.3, -0.25) is 9.69 Å². The van der Waals surface area contributed by atoms with E-state index in [-0.39, 0.29) is 12.0 Å². The second kappa shape index (κ2) is 9.49. The highest BCUT2D eigenvalue weighted by Crippen LogP contribution is 2.31. The highest BCUT2D eigenvalue weighted by atomic mass is 16.5. The average molecular weight is 410 g/mol. The Morgan fingerprint density at radius 2 is 1.90 bits per heavy atom. The number of carbonyl (C=O) groups excluding carboxylic acids is 1. The number of benzene rings is 2. The van der Waals surface area contributed by atoms with Crippen molar-refractivity contribution in [3.8, 4) is 5.75 Å². The molecule has 1 amide bonds. The van der Waals surface area contributed by atoms with Crippen LogP contribution in [-0.4, -0.2) is 57.2 Å². The van der Waals surface area contributed by atoms with Crippen LogP contribution in [-0.2, 0) is 22.4 Å². The van der Waals surface area contributed by atoms with Gasteiger partial charge in [-0.1, -0.05) is 18.2 Å². The van der Waals surface area contributed by atoms with Crippen molar-refractivity contribution in [2.45, 2.75) is 25.4 Å². The van der Waals surface area contributed by atoms with Crippen LogP contribution in [0.1, 0.15) is 29.2 Å². The molecule has 6 heteroatoms. The van der Waals surface area contributed by atoms with Crippen LogP contribution in [0.3, 0.4) is 0 Å². The average Bonchev–Trinajstić information content (AvgIpc) is 2.77. The Labute approximate surface area is 178 Å². The van der Waals surface area contributed by atoms with E-state index in [1.54, 1.807) is 7.11 Å². The van der Waals surface area contributed by atoms with Gasteiger partial charge >= 0.3 is 0 Å². The van der Waals surface area contributed by atoms with Gasteiger partial charge in [0.1, 0.15) is 5.75 Å². The van der Waals surface area contributed by atoms with Gasteiger partial charge in [-0.05, 0) is 53.8 Å². The Morgan fingerprint density at radius 1 is 1.13 bits per heavy atom. The monoisotopic (exact) mass is 409 g/mol. The van der Waals surface area contributed by atoms with Gasteiger partial charge < -0.3 is 20.1 Å². The predicted octanol–water partition coefficient (Wildman–Crippen LogP) is 2.55. The molecular formula is C24H31N3O3. The zero-order valence-corrected chi connectivity index (χ0v) is 17.7. The van der Waals surface area contributed by atoms with Crippen molar-refractivity contribution in [1.29, 1.82) is 0 Å². The molecule has 0 bridgehead atoms. The van der Waals surface area contributed by atoms with Crippen molar-refractivity contribution in [3.63, 3.8) is 0 Å². The van der Waals surface area contributed by atoms with E-state index in [4.69, 9.17) is 15.2 Å². The van der Waals surface area contributed by atoms with Crippen molar-refractivity contribution in [1.82, 2.24) is 4.90 Å². The maximum atomic E-state index is 11.2. The molecule has 0 aliphatic carbocycles. The molecule has 0 radical (unpaired) electrons. The number of primary amides is 1. The van der Waals surface area contributed by atoms with Gasteiger partial charge in [0.05, 0.1) is 26.2 Å². The normalized spacial score (nSPS) is 19.4. The Kier molecular flexibility index (Phi) is 6.55. The molecule has 4 rings (SSSR count). The number of ether oxygens (including phenoxy) is 2. The number of rotatable bonds is 7. The van der Waals surface area contributed by atoms with Crippen molar-refractivity contribution < 1.29 is 14.3 Å². The summed E-state index contributed by atoms with van der Waals surface area (Å²) in [4.78, 5) is 16.2. The molecule has 2 heterocycles. The van der Waals surface area contributed by atoms with Crippen molar-refractivity contribution in [3.05, 3.63) is 59.2 Å². The summed E-state index contributed by atoms with van der Waals surface area (Å²) in [7, 11) is 1.70. The minimum absolute atomic E-state index is 0.135. The van der Waals surface area contributed by atoms with Gasteiger partial charge in [0.15, 0.2) is 0 Å². The van der Waals surface area contributed by atoms with E-state index in [0.717, 1.165) is 63.5 Å². The van der Waals surface area contributed by atoms with Crippen molar-refractivity contribution in [2.75, 3.05) is 51.3 Å². The molecule has 2 N–H and O–H groups in total. The van der Waals surface area contributed by atoms with E-state index in [1.165, 1.54) is 16.8 Å². The fraction of sp³-hybridized carbons (Fsp3) is 0.458. The lowest BCUT2D eigenvalue weighted by Gasteiger charge is -2.37. The second-order valence-electron chi connectivity index (χ2n) is 8.10. The standard InChI is InChI=1S/C24H31N3O3/c1-29-21-5-3-20(4-6-21)27-13-11-26(12-14-27)10-8-23-22-7-2-18(17-24(25)28)16-19(22)9-15-30-23/h2-7,16,23H,8-15,17H2,1H3,(H2,25,28). The van der Waals surface area contributed by atoms with Gasteiger partial charge in [0.2, 0.25) is 5.91 Å². The highest BCUT2D eigenvalue weighted by molar-refractivity contribution is 5.76. The van der Waals surface area contributed by atoms with E-state index < -0.39 is 0 Å². The minimum atomic E-state index is -0.285. The molecule has 0 saturated carbocycles. The minimum Gasteiger partial charge on any atom is -0.497 e. The van der Waals surface area contributed by atoms with Gasteiger partial charge in [-0.2, -0.15) is 0 Å². The number of methoxy groups -OCH3 is 1. The number of piperazine rings is 1. The van der Waals surface area contributed by atoms with Crippen LogP contribution in [0.25, 0.3) is 0 Å². The largest absolute Gasteiger partial charge is 0.497 e. The quantitative estimate of drug-likeness (QED) is 0.761. The van der Waals surface area contributed by atoms with Gasteiger partial charge in [-0.25, -0.2) is 0 Å². The molecule has 2 aromatic carbocycles. The second-order valence-corrected chi connectivity index (χ2v) is 8.10. The number of carbonyl (C=O) groups is 1. The molecule has 2 aliphatic rings. The van der Waals surface area contributed by atoms with Crippen LogP contribution in [0.5, 0.6) is 5.75 Å². The van der Waals surface area contributed by atoms with Crippen LogP contribution in [0, 0.1) is 0 Å². The van der Waals surface area contributed by atoms with Gasteiger partial charge in [0.25, 0.3) is 0 Å². The van der Waals surface area contributed by atoms with Crippen LogP contribution >= 0.6 is 0 Å². The van der Waals surface area contributed by atoms with Crippen LogP contribution < -0.4 is 15.4 Å². The maximum absolute atomic E-state index is 11.2. The fourth-order valence-corrected chi connectivity index (χ4v) is 4.46. The third kappa shape index (κ3) is 4.94. The fourth-order valence-electron chi connectivity index (χ4n) is 4.46. The lowest BCUT2D eigenvalue weighted by Crippen LogP contribution is -2.46. The number of hydrogen-bond acceptors (Lipinski definition) is 5. The Morgan fingerprint density at radius 3 is 2.60 bits per heavy atom. The summed E-state index contributed by atoms with van der Waals surface area (Å²) < 4.78 is 11.3. The molecule has 2 aliphatic heterocycles. The van der Waals surface area contributed by atoms with E-state index in [2.05, 4.69) is 34.1 Å². The number of hydrogen-bond donors (Lipinski definition) is 1. The van der Waals surface area contributed by atoms with Crippen LogP contribution in [0.15, 0.2) is 42.5 Å².